The number of amides is 3. The Kier molecular flexibility index (Phi) is 14.1. The summed E-state index contributed by atoms with van der Waals surface area (Å²) >= 11 is 3.18. The van der Waals surface area contributed by atoms with Crippen molar-refractivity contribution in [3.05, 3.63) is 0 Å². The second kappa shape index (κ2) is 14.8. The summed E-state index contributed by atoms with van der Waals surface area (Å²) in [6, 6.07) is -1.99. The Hall–Kier alpha value is -1.22. The highest BCUT2D eigenvalue weighted by Crippen LogP contribution is 2.09. The number of nitrogens with one attached hydrogen (secondary N) is 3. The smallest absolute Gasteiger partial charge is 0.243 e. The van der Waals surface area contributed by atoms with Gasteiger partial charge in [-0.1, -0.05) is 13.8 Å². The molecule has 0 saturated heterocycles. The van der Waals surface area contributed by atoms with Crippen LogP contribution in [0.4, 0.5) is 0 Å². The van der Waals surface area contributed by atoms with Crippen LogP contribution in [0.1, 0.15) is 40.0 Å². The van der Waals surface area contributed by atoms with Crippen molar-refractivity contribution < 1.29 is 19.2 Å². The topological polar surface area (TPSA) is 104 Å². The highest BCUT2D eigenvalue weighted by molar-refractivity contribution is 7.98. The number of rotatable bonds is 15. The predicted octanol–water partition coefficient (Wildman–Crippen LogP) is 1.21. The SMILES string of the molecule is CSCCC(NC(=O)C(CC(C)C)NC(=O)C(CCSC)NC=O)C(C)=O. The summed E-state index contributed by atoms with van der Waals surface area (Å²) in [6.07, 6.45) is 5.83. The standard InChI is InChI=1S/C18H33N3O4S2/c1-12(2)10-16(18(25)20-14(13(3)23)6-8-26-4)21-17(24)15(19-11-22)7-9-27-5/h11-12,14-16H,6-10H2,1-5H3,(H,19,22)(H,20,25)(H,21,24). The van der Waals surface area contributed by atoms with E-state index in [0.717, 1.165) is 5.75 Å². The van der Waals surface area contributed by atoms with Gasteiger partial charge in [-0.3, -0.25) is 19.2 Å². The number of hydrogen-bond donors (Lipinski definition) is 3. The molecular weight excluding hydrogens is 386 g/mol. The van der Waals surface area contributed by atoms with E-state index in [4.69, 9.17) is 0 Å². The summed E-state index contributed by atoms with van der Waals surface area (Å²) in [5.74, 6) is 0.778. The lowest BCUT2D eigenvalue weighted by atomic mass is 10.0. The fraction of sp³-hybridized carbons (Fsp3) is 0.778. The summed E-state index contributed by atoms with van der Waals surface area (Å²) in [7, 11) is 0. The van der Waals surface area contributed by atoms with Gasteiger partial charge in [-0.25, -0.2) is 0 Å². The molecule has 0 aliphatic carbocycles. The van der Waals surface area contributed by atoms with Crippen molar-refractivity contribution in [3.63, 3.8) is 0 Å². The molecule has 0 spiro atoms. The zero-order valence-corrected chi connectivity index (χ0v) is 18.5. The van der Waals surface area contributed by atoms with E-state index in [-0.39, 0.29) is 23.5 Å². The largest absolute Gasteiger partial charge is 0.347 e. The molecule has 0 aromatic rings. The van der Waals surface area contributed by atoms with E-state index in [1.165, 1.54) is 6.92 Å². The lowest BCUT2D eigenvalue weighted by Crippen LogP contribution is -2.55. The van der Waals surface area contributed by atoms with Crippen molar-refractivity contribution in [2.24, 2.45) is 5.92 Å². The molecule has 0 aromatic carbocycles. The van der Waals surface area contributed by atoms with E-state index in [1.54, 1.807) is 23.5 Å². The van der Waals surface area contributed by atoms with Crippen LogP contribution in [-0.4, -0.2) is 66.2 Å². The summed E-state index contributed by atoms with van der Waals surface area (Å²) in [4.78, 5) is 47.8. The van der Waals surface area contributed by atoms with Crippen LogP contribution in [0.25, 0.3) is 0 Å². The molecule has 3 atom stereocenters. The third kappa shape index (κ3) is 11.3. The summed E-state index contributed by atoms with van der Waals surface area (Å²) in [5.41, 5.74) is 0. The van der Waals surface area contributed by atoms with Crippen molar-refractivity contribution in [1.29, 1.82) is 0 Å². The third-order valence-corrected chi connectivity index (χ3v) is 5.24. The molecule has 156 valence electrons. The normalized spacial score (nSPS) is 14.1. The van der Waals surface area contributed by atoms with Crippen LogP contribution in [-0.2, 0) is 19.2 Å². The van der Waals surface area contributed by atoms with Gasteiger partial charge in [-0.2, -0.15) is 23.5 Å². The van der Waals surface area contributed by atoms with Crippen LogP contribution >= 0.6 is 23.5 Å². The molecule has 0 aliphatic heterocycles. The average molecular weight is 420 g/mol. The molecule has 27 heavy (non-hydrogen) atoms. The Bertz CT molecular complexity index is 489. The predicted molar refractivity (Wildman–Crippen MR) is 113 cm³/mol. The van der Waals surface area contributed by atoms with Crippen molar-refractivity contribution in [2.75, 3.05) is 24.0 Å². The van der Waals surface area contributed by atoms with Crippen molar-refractivity contribution in [1.82, 2.24) is 16.0 Å². The zero-order chi connectivity index (χ0) is 20.8. The Labute approximate surface area is 170 Å². The van der Waals surface area contributed by atoms with Gasteiger partial charge < -0.3 is 16.0 Å². The molecule has 0 bridgehead atoms. The molecule has 3 unspecified atom stereocenters. The quantitative estimate of drug-likeness (QED) is 0.345. The van der Waals surface area contributed by atoms with Crippen LogP contribution in [0.3, 0.4) is 0 Å². The molecule has 9 heteroatoms. The number of ketones is 1. The molecule has 0 saturated carbocycles. The van der Waals surface area contributed by atoms with Crippen molar-refractivity contribution in [3.8, 4) is 0 Å². The Balaban J connectivity index is 5.11. The van der Waals surface area contributed by atoms with Gasteiger partial charge in [0.25, 0.3) is 0 Å². The molecule has 0 aliphatic rings. The number of Topliss-reactive ketones (excluding diaryl/α,β-unsaturated/α-hetero) is 1. The Morgan fingerprint density at radius 3 is 1.81 bits per heavy atom. The van der Waals surface area contributed by atoms with Crippen molar-refractivity contribution >= 4 is 47.5 Å². The monoisotopic (exact) mass is 419 g/mol. The van der Waals surface area contributed by atoms with Gasteiger partial charge in [0, 0.05) is 0 Å². The lowest BCUT2D eigenvalue weighted by molar-refractivity contribution is -0.132. The molecular formula is C18H33N3O4S2. The molecule has 7 nitrogen and oxygen atoms in total. The summed E-state index contributed by atoms with van der Waals surface area (Å²) in [5, 5.41) is 8.02. The van der Waals surface area contributed by atoms with Gasteiger partial charge in [0.15, 0.2) is 5.78 Å². The minimum Gasteiger partial charge on any atom is -0.347 e. The van der Waals surface area contributed by atoms with Crippen LogP contribution in [0.15, 0.2) is 0 Å². The Morgan fingerprint density at radius 1 is 0.889 bits per heavy atom. The lowest BCUT2D eigenvalue weighted by Gasteiger charge is -2.25. The molecule has 3 amide bonds. The van der Waals surface area contributed by atoms with Crippen LogP contribution in [0.5, 0.6) is 0 Å². The maximum absolute atomic E-state index is 12.7. The number of hydrogen-bond acceptors (Lipinski definition) is 6. The molecule has 0 rings (SSSR count). The second-order valence-electron chi connectivity index (χ2n) is 6.76. The van der Waals surface area contributed by atoms with Crippen LogP contribution < -0.4 is 16.0 Å². The maximum atomic E-state index is 12.7. The van der Waals surface area contributed by atoms with E-state index < -0.39 is 18.1 Å². The number of carbonyl (C=O) groups is 4. The van der Waals surface area contributed by atoms with E-state index in [0.29, 0.717) is 31.4 Å². The van der Waals surface area contributed by atoms with Gasteiger partial charge >= 0.3 is 0 Å². The van der Waals surface area contributed by atoms with E-state index in [9.17, 15) is 19.2 Å². The van der Waals surface area contributed by atoms with Crippen molar-refractivity contribution in [2.45, 2.75) is 58.2 Å². The van der Waals surface area contributed by atoms with Gasteiger partial charge in [0.2, 0.25) is 18.2 Å². The van der Waals surface area contributed by atoms with Crippen LogP contribution in [0, 0.1) is 5.92 Å². The molecule has 0 radical (unpaired) electrons. The highest BCUT2D eigenvalue weighted by Gasteiger charge is 2.28. The van der Waals surface area contributed by atoms with E-state index in [1.807, 2.05) is 26.4 Å². The summed E-state index contributed by atoms with van der Waals surface area (Å²) < 4.78 is 0. The fourth-order valence-corrected chi connectivity index (χ4v) is 3.41. The van der Waals surface area contributed by atoms with Crippen LogP contribution in [0.2, 0.25) is 0 Å². The van der Waals surface area contributed by atoms with Gasteiger partial charge in [0.05, 0.1) is 6.04 Å². The molecule has 0 fully saturated rings. The van der Waals surface area contributed by atoms with Gasteiger partial charge in [-0.15, -0.1) is 0 Å². The zero-order valence-electron chi connectivity index (χ0n) is 16.9. The third-order valence-electron chi connectivity index (χ3n) is 3.95. The number of carbonyl (C=O) groups excluding carboxylic acids is 4. The minimum absolute atomic E-state index is 0.104. The summed E-state index contributed by atoms with van der Waals surface area (Å²) in [6.45, 7) is 5.36. The second-order valence-corrected chi connectivity index (χ2v) is 8.73. The highest BCUT2D eigenvalue weighted by atomic mass is 32.2. The first-order valence-electron chi connectivity index (χ1n) is 9.05. The first kappa shape index (κ1) is 25.8. The fourth-order valence-electron chi connectivity index (χ4n) is 2.47. The van der Waals surface area contributed by atoms with Gasteiger partial charge in [0.1, 0.15) is 12.1 Å². The maximum Gasteiger partial charge on any atom is 0.243 e. The first-order chi connectivity index (χ1) is 12.8. The molecule has 0 aromatic heterocycles. The van der Waals surface area contributed by atoms with E-state index in [2.05, 4.69) is 16.0 Å². The minimum atomic E-state index is -0.751. The average Bonchev–Trinajstić information content (AvgIpc) is 2.60. The molecule has 3 N–H and O–H groups in total. The molecule has 0 heterocycles. The first-order valence-corrected chi connectivity index (χ1v) is 11.8. The number of thioether (sulfide) groups is 2. The van der Waals surface area contributed by atoms with Gasteiger partial charge in [-0.05, 0) is 56.1 Å². The Morgan fingerprint density at radius 2 is 1.37 bits per heavy atom. The van der Waals surface area contributed by atoms with E-state index >= 15 is 0 Å².